The lowest BCUT2D eigenvalue weighted by Crippen LogP contribution is -2.77. The topological polar surface area (TPSA) is 130 Å². The molecule has 0 aromatic rings. The highest BCUT2D eigenvalue weighted by molar-refractivity contribution is 5.87. The molecule has 0 radical (unpaired) electrons. The lowest BCUT2D eigenvalue weighted by atomic mass is 9.80. The predicted octanol–water partition coefficient (Wildman–Crippen LogP) is -2.08. The first kappa shape index (κ1) is 23.0. The van der Waals surface area contributed by atoms with Gasteiger partial charge in [-0.05, 0) is 21.0 Å². The third-order valence-electron chi connectivity index (χ3n) is 4.93. The Kier molecular flexibility index (Phi) is 7.63. The Hall–Kier alpha value is -0.0700. The van der Waals surface area contributed by atoms with Crippen LogP contribution in [0, 0.1) is 0 Å². The first-order chi connectivity index (χ1) is 10.8. The van der Waals surface area contributed by atoms with Crippen LogP contribution in [0.15, 0.2) is 0 Å². The van der Waals surface area contributed by atoms with Gasteiger partial charge < -0.3 is 40.2 Å². The highest BCUT2D eigenvalue weighted by atomic mass is 35.5. The van der Waals surface area contributed by atoms with Crippen LogP contribution in [0.4, 0.5) is 0 Å². The summed E-state index contributed by atoms with van der Waals surface area (Å²) in [7, 11) is 3.24. The monoisotopic (exact) mass is 404 g/mol. The molecule has 1 saturated carbocycles. The van der Waals surface area contributed by atoms with Crippen LogP contribution in [0.1, 0.15) is 13.3 Å². The standard InChI is InChI=1S/C14H24N2O7.2ClH/c1-5-4-6(17)14(20)13(21-5)22-12-10(19)7(15-2)9(18)8(16-3)11(12)23-14;;/h5,7-13,15-16,18-20H,4H2,1-3H3;2*1H/t5?,7?,8-,9?,10?,11+,12?,13?,14-;;/m1../s1. The SMILES string of the molecule is CNC1C(O)C2OC3OC(C)CC(=O)[C@@]3(O)O[C@H]2[C@H](NC)C1O.Cl.Cl. The first-order valence-corrected chi connectivity index (χ1v) is 7.78. The summed E-state index contributed by atoms with van der Waals surface area (Å²) in [5.41, 5.74) is 0. The normalized spacial score (nSPS) is 49.3. The summed E-state index contributed by atoms with van der Waals surface area (Å²) in [6.45, 7) is 1.70. The number of ketones is 1. The molecule has 6 unspecified atom stereocenters. The van der Waals surface area contributed by atoms with Crippen molar-refractivity contribution in [2.75, 3.05) is 14.1 Å². The van der Waals surface area contributed by atoms with Crippen LogP contribution in [-0.2, 0) is 19.0 Å². The number of aliphatic hydroxyl groups excluding tert-OH is 2. The number of fused-ring (bicyclic) bond motifs is 2. The van der Waals surface area contributed by atoms with E-state index in [-0.39, 0.29) is 31.2 Å². The molecule has 1 aliphatic carbocycles. The molecule has 0 aromatic carbocycles. The molecular formula is C14H26Cl2N2O7. The minimum atomic E-state index is -2.23. The van der Waals surface area contributed by atoms with Crippen molar-refractivity contribution >= 4 is 30.6 Å². The number of rotatable bonds is 2. The summed E-state index contributed by atoms with van der Waals surface area (Å²) in [4.78, 5) is 12.2. The molecule has 0 amide bonds. The van der Waals surface area contributed by atoms with Gasteiger partial charge in [0.25, 0.3) is 5.79 Å². The summed E-state index contributed by atoms with van der Waals surface area (Å²) in [5.74, 6) is -2.76. The molecular weight excluding hydrogens is 379 g/mol. The van der Waals surface area contributed by atoms with E-state index in [9.17, 15) is 20.1 Å². The number of carbonyl (C=O) groups excluding carboxylic acids is 1. The van der Waals surface area contributed by atoms with E-state index in [0.29, 0.717) is 0 Å². The molecule has 11 heteroatoms. The molecule has 0 spiro atoms. The fourth-order valence-electron chi connectivity index (χ4n) is 3.68. The van der Waals surface area contributed by atoms with Gasteiger partial charge in [-0.2, -0.15) is 0 Å². The molecule has 148 valence electrons. The number of ether oxygens (including phenoxy) is 3. The van der Waals surface area contributed by atoms with Gasteiger partial charge in [-0.1, -0.05) is 0 Å². The Morgan fingerprint density at radius 1 is 1.04 bits per heavy atom. The average Bonchev–Trinajstić information content (AvgIpc) is 2.49. The third kappa shape index (κ3) is 3.55. The number of hydrogen-bond acceptors (Lipinski definition) is 9. The largest absolute Gasteiger partial charge is 0.390 e. The number of halogens is 2. The van der Waals surface area contributed by atoms with E-state index in [1.165, 1.54) is 0 Å². The maximum Gasteiger partial charge on any atom is 0.280 e. The molecule has 2 saturated heterocycles. The molecule has 5 N–H and O–H groups in total. The average molecular weight is 405 g/mol. The highest BCUT2D eigenvalue weighted by Crippen LogP contribution is 2.40. The Morgan fingerprint density at radius 3 is 2.20 bits per heavy atom. The smallest absolute Gasteiger partial charge is 0.280 e. The zero-order chi connectivity index (χ0) is 16.9. The molecule has 9 atom stereocenters. The molecule has 2 heterocycles. The van der Waals surface area contributed by atoms with Crippen LogP contribution in [0.2, 0.25) is 0 Å². The first-order valence-electron chi connectivity index (χ1n) is 7.78. The van der Waals surface area contributed by atoms with Crippen molar-refractivity contribution in [3.05, 3.63) is 0 Å². The van der Waals surface area contributed by atoms with Crippen LogP contribution in [-0.4, -0.2) is 89.9 Å². The zero-order valence-electron chi connectivity index (χ0n) is 14.1. The zero-order valence-corrected chi connectivity index (χ0v) is 15.8. The number of hydrogen-bond donors (Lipinski definition) is 5. The van der Waals surface area contributed by atoms with Gasteiger partial charge in [-0.15, -0.1) is 24.8 Å². The fourth-order valence-corrected chi connectivity index (χ4v) is 3.68. The molecule has 0 aromatic heterocycles. The van der Waals surface area contributed by atoms with Gasteiger partial charge in [0.1, 0.15) is 18.3 Å². The number of aliphatic hydroxyl groups is 3. The Labute approximate surface area is 158 Å². The Balaban J connectivity index is 0.00000156. The van der Waals surface area contributed by atoms with Crippen LogP contribution >= 0.6 is 24.8 Å². The van der Waals surface area contributed by atoms with E-state index < -0.39 is 60.5 Å². The van der Waals surface area contributed by atoms with E-state index in [0.717, 1.165) is 0 Å². The van der Waals surface area contributed by atoms with Gasteiger partial charge >= 0.3 is 0 Å². The molecule has 9 nitrogen and oxygen atoms in total. The summed E-state index contributed by atoms with van der Waals surface area (Å²) in [6, 6.07) is -1.29. The maximum atomic E-state index is 12.2. The van der Waals surface area contributed by atoms with E-state index in [1.54, 1.807) is 21.0 Å². The van der Waals surface area contributed by atoms with Gasteiger partial charge in [0.2, 0.25) is 6.29 Å². The van der Waals surface area contributed by atoms with E-state index in [4.69, 9.17) is 14.2 Å². The van der Waals surface area contributed by atoms with E-state index in [2.05, 4.69) is 10.6 Å². The molecule has 3 fully saturated rings. The fraction of sp³-hybridized carbons (Fsp3) is 0.929. The van der Waals surface area contributed by atoms with Gasteiger partial charge in [0.15, 0.2) is 5.78 Å². The number of carbonyl (C=O) groups is 1. The lowest BCUT2D eigenvalue weighted by molar-refractivity contribution is -0.420. The predicted molar refractivity (Wildman–Crippen MR) is 90.9 cm³/mol. The van der Waals surface area contributed by atoms with Crippen molar-refractivity contribution in [3.63, 3.8) is 0 Å². The second kappa shape index (κ2) is 8.30. The van der Waals surface area contributed by atoms with Crippen LogP contribution in [0.25, 0.3) is 0 Å². The molecule has 3 aliphatic rings. The van der Waals surface area contributed by atoms with Gasteiger partial charge in [0, 0.05) is 6.42 Å². The van der Waals surface area contributed by atoms with Crippen molar-refractivity contribution in [3.8, 4) is 0 Å². The van der Waals surface area contributed by atoms with Crippen LogP contribution in [0.5, 0.6) is 0 Å². The van der Waals surface area contributed by atoms with E-state index >= 15 is 0 Å². The summed E-state index contributed by atoms with van der Waals surface area (Å²) < 4.78 is 16.8. The summed E-state index contributed by atoms with van der Waals surface area (Å²) >= 11 is 0. The minimum Gasteiger partial charge on any atom is -0.390 e. The number of likely N-dealkylation sites (N-methyl/N-ethyl adjacent to an activating group) is 2. The Morgan fingerprint density at radius 2 is 1.64 bits per heavy atom. The molecule has 0 bridgehead atoms. The quantitative estimate of drug-likeness (QED) is 0.351. The summed E-state index contributed by atoms with van der Waals surface area (Å²) in [6.07, 6.45) is -5.58. The van der Waals surface area contributed by atoms with Crippen molar-refractivity contribution in [1.29, 1.82) is 0 Å². The number of Topliss-reactive ketones (excluding diaryl/α,β-unsaturated/α-hetero) is 1. The molecule has 3 rings (SSSR count). The maximum absolute atomic E-state index is 12.2. The number of nitrogens with one attached hydrogen (secondary N) is 2. The third-order valence-corrected chi connectivity index (χ3v) is 4.93. The van der Waals surface area contributed by atoms with Gasteiger partial charge in [-0.25, -0.2) is 0 Å². The van der Waals surface area contributed by atoms with Crippen LogP contribution < -0.4 is 10.6 Å². The van der Waals surface area contributed by atoms with Crippen molar-refractivity contribution in [2.45, 2.75) is 68.0 Å². The highest BCUT2D eigenvalue weighted by Gasteiger charge is 2.63. The van der Waals surface area contributed by atoms with Gasteiger partial charge in [0.05, 0.1) is 24.3 Å². The van der Waals surface area contributed by atoms with Crippen molar-refractivity contribution < 1.29 is 34.3 Å². The second-order valence-corrected chi connectivity index (χ2v) is 6.40. The summed E-state index contributed by atoms with van der Waals surface area (Å²) in [5, 5.41) is 37.2. The van der Waals surface area contributed by atoms with Crippen molar-refractivity contribution in [2.24, 2.45) is 0 Å². The second-order valence-electron chi connectivity index (χ2n) is 6.40. The Bertz CT molecular complexity index is 488. The van der Waals surface area contributed by atoms with E-state index in [1.807, 2.05) is 0 Å². The lowest BCUT2D eigenvalue weighted by Gasteiger charge is -2.55. The molecule has 25 heavy (non-hydrogen) atoms. The van der Waals surface area contributed by atoms with Crippen LogP contribution in [0.3, 0.4) is 0 Å². The minimum absolute atomic E-state index is 0. The molecule has 2 aliphatic heterocycles. The van der Waals surface area contributed by atoms with Crippen molar-refractivity contribution in [1.82, 2.24) is 10.6 Å². The van der Waals surface area contributed by atoms with Gasteiger partial charge in [-0.3, -0.25) is 4.79 Å².